The number of nitrogens with zero attached hydrogens (tertiary/aromatic N) is 1. The molecular formula is C13H26N2O. The molecular weight excluding hydrogens is 200 g/mol. The van der Waals surface area contributed by atoms with E-state index in [1.54, 1.807) is 0 Å². The van der Waals surface area contributed by atoms with Crippen molar-refractivity contribution < 1.29 is 5.11 Å². The van der Waals surface area contributed by atoms with E-state index in [2.05, 4.69) is 24.2 Å². The molecule has 2 N–H and O–H groups in total. The summed E-state index contributed by atoms with van der Waals surface area (Å²) >= 11 is 0. The second-order valence-corrected chi connectivity index (χ2v) is 5.72. The van der Waals surface area contributed by atoms with E-state index in [0.29, 0.717) is 18.1 Å². The van der Waals surface area contributed by atoms with E-state index in [-0.39, 0.29) is 6.10 Å². The minimum atomic E-state index is -0.0329. The van der Waals surface area contributed by atoms with Crippen LogP contribution in [0.1, 0.15) is 45.4 Å². The normalized spacial score (nSPS) is 42.2. The van der Waals surface area contributed by atoms with E-state index >= 15 is 0 Å². The zero-order valence-corrected chi connectivity index (χ0v) is 10.7. The maximum atomic E-state index is 9.48. The van der Waals surface area contributed by atoms with Crippen molar-refractivity contribution in [1.29, 1.82) is 0 Å². The molecule has 3 nitrogen and oxygen atoms in total. The van der Waals surface area contributed by atoms with Crippen molar-refractivity contribution in [1.82, 2.24) is 10.2 Å². The van der Waals surface area contributed by atoms with Gasteiger partial charge >= 0.3 is 0 Å². The first-order valence-electron chi connectivity index (χ1n) is 6.79. The molecule has 1 saturated carbocycles. The van der Waals surface area contributed by atoms with Gasteiger partial charge in [-0.25, -0.2) is 0 Å². The van der Waals surface area contributed by atoms with Crippen LogP contribution in [-0.2, 0) is 0 Å². The summed E-state index contributed by atoms with van der Waals surface area (Å²) in [6.45, 7) is 3.53. The smallest absolute Gasteiger partial charge is 0.0541 e. The predicted octanol–water partition coefficient (Wildman–Crippen LogP) is 1.36. The molecule has 3 heteroatoms. The van der Waals surface area contributed by atoms with Crippen LogP contribution in [0.15, 0.2) is 0 Å². The number of rotatable bonds is 2. The zero-order valence-electron chi connectivity index (χ0n) is 10.7. The van der Waals surface area contributed by atoms with Crippen LogP contribution < -0.4 is 5.32 Å². The summed E-state index contributed by atoms with van der Waals surface area (Å²) in [5.74, 6) is 0. The Kier molecular flexibility index (Phi) is 4.22. The predicted molar refractivity (Wildman–Crippen MR) is 66.5 cm³/mol. The van der Waals surface area contributed by atoms with Gasteiger partial charge in [0.2, 0.25) is 0 Å². The largest absolute Gasteiger partial charge is 0.393 e. The highest BCUT2D eigenvalue weighted by atomic mass is 16.3. The van der Waals surface area contributed by atoms with Crippen LogP contribution in [0.25, 0.3) is 0 Å². The van der Waals surface area contributed by atoms with Crippen molar-refractivity contribution in [3.8, 4) is 0 Å². The van der Waals surface area contributed by atoms with Crippen molar-refractivity contribution in [3.05, 3.63) is 0 Å². The fourth-order valence-corrected chi connectivity index (χ4v) is 3.02. The lowest BCUT2D eigenvalue weighted by molar-refractivity contribution is 0.105. The summed E-state index contributed by atoms with van der Waals surface area (Å²) in [7, 11) is 2.22. The molecule has 2 unspecified atom stereocenters. The van der Waals surface area contributed by atoms with Gasteiger partial charge in [0.25, 0.3) is 0 Å². The molecule has 1 saturated heterocycles. The summed E-state index contributed by atoms with van der Waals surface area (Å²) in [4.78, 5) is 2.45. The van der Waals surface area contributed by atoms with Crippen LogP contribution in [0.3, 0.4) is 0 Å². The molecule has 0 spiro atoms. The first-order valence-corrected chi connectivity index (χ1v) is 6.79. The topological polar surface area (TPSA) is 35.5 Å². The van der Waals surface area contributed by atoms with Crippen LogP contribution in [0.5, 0.6) is 0 Å². The highest BCUT2D eigenvalue weighted by Crippen LogP contribution is 2.22. The third kappa shape index (κ3) is 3.19. The van der Waals surface area contributed by atoms with E-state index in [1.165, 1.54) is 19.4 Å². The zero-order chi connectivity index (χ0) is 11.5. The first-order chi connectivity index (χ1) is 7.65. The van der Waals surface area contributed by atoms with Gasteiger partial charge in [0, 0.05) is 18.1 Å². The monoisotopic (exact) mass is 226 g/mol. The number of likely N-dealkylation sites (tertiary alicyclic amines) is 1. The second kappa shape index (κ2) is 5.48. The van der Waals surface area contributed by atoms with Crippen LogP contribution in [0, 0.1) is 0 Å². The van der Waals surface area contributed by atoms with Gasteiger partial charge in [0.15, 0.2) is 0 Å². The highest BCUT2D eigenvalue weighted by Gasteiger charge is 2.26. The van der Waals surface area contributed by atoms with Crippen molar-refractivity contribution >= 4 is 0 Å². The lowest BCUT2D eigenvalue weighted by atomic mass is 9.91. The van der Waals surface area contributed by atoms with Gasteiger partial charge < -0.3 is 15.3 Å². The lowest BCUT2D eigenvalue weighted by Crippen LogP contribution is -2.49. The van der Waals surface area contributed by atoms with Crippen LogP contribution in [0.4, 0.5) is 0 Å². The maximum absolute atomic E-state index is 9.48. The van der Waals surface area contributed by atoms with Gasteiger partial charge in [-0.05, 0) is 59.0 Å². The molecule has 2 fully saturated rings. The third-order valence-corrected chi connectivity index (χ3v) is 4.38. The molecule has 16 heavy (non-hydrogen) atoms. The third-order valence-electron chi connectivity index (χ3n) is 4.38. The summed E-state index contributed by atoms with van der Waals surface area (Å²) in [6, 6.07) is 2.07. The van der Waals surface area contributed by atoms with Crippen LogP contribution in [0.2, 0.25) is 0 Å². The summed E-state index contributed by atoms with van der Waals surface area (Å²) < 4.78 is 0. The number of hydrogen-bond acceptors (Lipinski definition) is 3. The number of hydrogen-bond donors (Lipinski definition) is 2. The van der Waals surface area contributed by atoms with Crippen molar-refractivity contribution in [3.63, 3.8) is 0 Å². The van der Waals surface area contributed by atoms with E-state index < -0.39 is 0 Å². The number of aliphatic hydroxyl groups is 1. The Balaban J connectivity index is 1.73. The molecule has 0 radical (unpaired) electrons. The molecule has 1 aliphatic carbocycles. The SMILES string of the molecule is CC1CC(NC2CCC(O)CC2)CCN1C. The average Bonchev–Trinajstić information content (AvgIpc) is 2.27. The molecule has 1 aliphatic heterocycles. The molecule has 2 aliphatic rings. The molecule has 1 heterocycles. The fraction of sp³-hybridized carbons (Fsp3) is 1.00. The Labute approximate surface area is 99.2 Å². The lowest BCUT2D eigenvalue weighted by Gasteiger charge is -2.38. The second-order valence-electron chi connectivity index (χ2n) is 5.72. The van der Waals surface area contributed by atoms with Crippen LogP contribution in [-0.4, -0.2) is 47.8 Å². The minimum absolute atomic E-state index is 0.0329. The molecule has 0 aromatic heterocycles. The molecule has 0 bridgehead atoms. The molecule has 2 rings (SSSR count). The Hall–Kier alpha value is -0.120. The van der Waals surface area contributed by atoms with Gasteiger partial charge in [-0.2, -0.15) is 0 Å². The molecule has 0 aromatic carbocycles. The highest BCUT2D eigenvalue weighted by molar-refractivity contribution is 4.85. The van der Waals surface area contributed by atoms with Crippen LogP contribution >= 0.6 is 0 Å². The van der Waals surface area contributed by atoms with Gasteiger partial charge in [-0.3, -0.25) is 0 Å². The molecule has 0 amide bonds. The fourth-order valence-electron chi connectivity index (χ4n) is 3.02. The Morgan fingerprint density at radius 1 is 1.06 bits per heavy atom. The van der Waals surface area contributed by atoms with Gasteiger partial charge in [-0.1, -0.05) is 0 Å². The van der Waals surface area contributed by atoms with Crippen molar-refractivity contribution in [2.45, 2.75) is 69.7 Å². The summed E-state index contributed by atoms with van der Waals surface area (Å²) in [5.41, 5.74) is 0. The quantitative estimate of drug-likeness (QED) is 0.746. The van der Waals surface area contributed by atoms with Gasteiger partial charge in [0.05, 0.1) is 6.10 Å². The van der Waals surface area contributed by atoms with E-state index in [0.717, 1.165) is 25.7 Å². The van der Waals surface area contributed by atoms with Gasteiger partial charge in [-0.15, -0.1) is 0 Å². The number of aliphatic hydroxyl groups excluding tert-OH is 1. The summed E-state index contributed by atoms with van der Waals surface area (Å²) in [5, 5.41) is 13.3. The first kappa shape index (κ1) is 12.3. The number of nitrogens with one attached hydrogen (secondary N) is 1. The van der Waals surface area contributed by atoms with E-state index in [9.17, 15) is 5.11 Å². The average molecular weight is 226 g/mol. The van der Waals surface area contributed by atoms with E-state index in [4.69, 9.17) is 0 Å². The molecule has 2 atom stereocenters. The van der Waals surface area contributed by atoms with Gasteiger partial charge in [0.1, 0.15) is 0 Å². The summed E-state index contributed by atoms with van der Waals surface area (Å²) in [6.07, 6.45) is 6.80. The Morgan fingerprint density at radius 3 is 2.38 bits per heavy atom. The Bertz CT molecular complexity index is 214. The van der Waals surface area contributed by atoms with E-state index in [1.807, 2.05) is 0 Å². The van der Waals surface area contributed by atoms with Crippen molar-refractivity contribution in [2.24, 2.45) is 0 Å². The minimum Gasteiger partial charge on any atom is -0.393 e. The Morgan fingerprint density at radius 2 is 1.75 bits per heavy atom. The standard InChI is InChI=1S/C13H26N2O/c1-10-9-12(7-8-15(10)2)14-11-3-5-13(16)6-4-11/h10-14,16H,3-9H2,1-2H3. The maximum Gasteiger partial charge on any atom is 0.0541 e. The molecule has 94 valence electrons. The van der Waals surface area contributed by atoms with Crippen molar-refractivity contribution in [2.75, 3.05) is 13.6 Å². The molecule has 0 aromatic rings. The number of piperidine rings is 1.